The average molecular weight is 419 g/mol. The predicted molar refractivity (Wildman–Crippen MR) is 119 cm³/mol. The largest absolute Gasteiger partial charge is 0.507 e. The zero-order chi connectivity index (χ0) is 21.5. The van der Waals surface area contributed by atoms with Crippen molar-refractivity contribution in [2.24, 2.45) is 7.05 Å². The molecule has 0 aliphatic carbocycles. The fourth-order valence-electron chi connectivity index (χ4n) is 4.74. The van der Waals surface area contributed by atoms with Crippen molar-refractivity contribution in [3.8, 4) is 28.1 Å². The van der Waals surface area contributed by atoms with Crippen LogP contribution in [-0.4, -0.2) is 50.3 Å². The lowest BCUT2D eigenvalue weighted by atomic mass is 9.98. The molecule has 8 heteroatoms. The van der Waals surface area contributed by atoms with E-state index in [1.54, 1.807) is 25.4 Å². The molecule has 2 aromatic heterocycles. The van der Waals surface area contributed by atoms with Crippen molar-refractivity contribution in [1.29, 1.82) is 0 Å². The standard InChI is InChI=1S/C23H26N6O2/c1-28(18-11-16-4-5-17(12-18)25-16)22-8-7-20(26-27-22)19-6-3-14(9-21(19)30)15-10-23(31)29(2)24-13-15/h3,6-10,13,16-18,25,30H,4-5,11-12H2,1-2H3. The smallest absolute Gasteiger partial charge is 0.267 e. The molecule has 0 saturated carbocycles. The second kappa shape index (κ2) is 7.77. The minimum atomic E-state index is -0.201. The van der Waals surface area contributed by atoms with Crippen LogP contribution in [0.3, 0.4) is 0 Å². The summed E-state index contributed by atoms with van der Waals surface area (Å²) in [6.07, 6.45) is 6.41. The summed E-state index contributed by atoms with van der Waals surface area (Å²) in [6, 6.07) is 12.3. The van der Waals surface area contributed by atoms with E-state index in [1.807, 2.05) is 18.2 Å². The average Bonchev–Trinajstić information content (AvgIpc) is 3.12. The fraction of sp³-hybridized carbons (Fsp3) is 0.391. The Balaban J connectivity index is 1.35. The third-order valence-electron chi connectivity index (χ3n) is 6.58. The van der Waals surface area contributed by atoms with E-state index in [4.69, 9.17) is 0 Å². The summed E-state index contributed by atoms with van der Waals surface area (Å²) in [4.78, 5) is 14.1. The molecular weight excluding hydrogens is 392 g/mol. The first kappa shape index (κ1) is 19.7. The Labute approximate surface area is 180 Å². The van der Waals surface area contributed by atoms with Crippen molar-refractivity contribution in [3.05, 3.63) is 52.9 Å². The molecule has 31 heavy (non-hydrogen) atoms. The van der Waals surface area contributed by atoms with Gasteiger partial charge in [0.1, 0.15) is 5.75 Å². The third-order valence-corrected chi connectivity index (χ3v) is 6.58. The molecule has 5 rings (SSSR count). The molecule has 0 spiro atoms. The second-order valence-corrected chi connectivity index (χ2v) is 8.59. The highest BCUT2D eigenvalue weighted by Crippen LogP contribution is 2.33. The van der Waals surface area contributed by atoms with Crippen molar-refractivity contribution < 1.29 is 5.11 Å². The number of fused-ring (bicyclic) bond motifs is 2. The van der Waals surface area contributed by atoms with E-state index in [0.717, 1.165) is 24.2 Å². The molecule has 2 fully saturated rings. The number of hydrogen-bond acceptors (Lipinski definition) is 7. The number of phenols is 1. The van der Waals surface area contributed by atoms with Crippen molar-refractivity contribution in [2.75, 3.05) is 11.9 Å². The molecule has 2 N–H and O–H groups in total. The number of nitrogens with one attached hydrogen (secondary N) is 1. The summed E-state index contributed by atoms with van der Waals surface area (Å²) in [7, 11) is 3.69. The molecule has 160 valence electrons. The number of aromatic hydroxyl groups is 1. The van der Waals surface area contributed by atoms with Crippen LogP contribution < -0.4 is 15.8 Å². The third kappa shape index (κ3) is 3.79. The number of phenolic OH excluding ortho intramolecular Hbond substituents is 1. The van der Waals surface area contributed by atoms with Gasteiger partial charge in [0.05, 0.1) is 11.9 Å². The molecule has 2 atom stereocenters. The van der Waals surface area contributed by atoms with Gasteiger partial charge in [-0.05, 0) is 55.5 Å². The van der Waals surface area contributed by atoms with Gasteiger partial charge in [-0.3, -0.25) is 4.79 Å². The van der Waals surface area contributed by atoms with Gasteiger partial charge >= 0.3 is 0 Å². The van der Waals surface area contributed by atoms with E-state index in [9.17, 15) is 9.90 Å². The van der Waals surface area contributed by atoms with Crippen LogP contribution in [0.15, 0.2) is 47.4 Å². The maximum absolute atomic E-state index is 11.8. The molecule has 2 aliphatic rings. The molecule has 2 unspecified atom stereocenters. The molecule has 2 saturated heterocycles. The molecule has 2 bridgehead atoms. The Morgan fingerprint density at radius 3 is 2.48 bits per heavy atom. The van der Waals surface area contributed by atoms with Crippen molar-refractivity contribution in [1.82, 2.24) is 25.3 Å². The molecule has 0 radical (unpaired) electrons. The number of aryl methyl sites for hydroxylation is 1. The molecule has 8 nitrogen and oxygen atoms in total. The summed E-state index contributed by atoms with van der Waals surface area (Å²) in [5.74, 6) is 0.931. The molecular formula is C23H26N6O2. The molecule has 4 heterocycles. The summed E-state index contributed by atoms with van der Waals surface area (Å²) in [5.41, 5.74) is 2.38. The Bertz CT molecular complexity index is 1150. The van der Waals surface area contributed by atoms with E-state index in [2.05, 4.69) is 32.6 Å². The number of aromatic nitrogens is 4. The van der Waals surface area contributed by atoms with Crippen molar-refractivity contribution in [3.63, 3.8) is 0 Å². The summed E-state index contributed by atoms with van der Waals surface area (Å²) in [6.45, 7) is 0. The van der Waals surface area contributed by atoms with Crippen LogP contribution in [0.1, 0.15) is 25.7 Å². The molecule has 2 aliphatic heterocycles. The van der Waals surface area contributed by atoms with Crippen LogP contribution in [0.2, 0.25) is 0 Å². The minimum Gasteiger partial charge on any atom is -0.507 e. The van der Waals surface area contributed by atoms with Gasteiger partial charge in [0.2, 0.25) is 0 Å². The SMILES string of the molecule is CN(c1ccc(-c2ccc(-c3cnn(C)c(=O)c3)cc2O)nn1)C1CC2CCC(C1)N2. The quantitative estimate of drug-likeness (QED) is 0.671. The number of hydrogen-bond donors (Lipinski definition) is 2. The Morgan fingerprint density at radius 1 is 1.06 bits per heavy atom. The van der Waals surface area contributed by atoms with Crippen LogP contribution in [0, 0.1) is 0 Å². The maximum atomic E-state index is 11.8. The molecule has 3 aromatic rings. The number of anilines is 1. The Hall–Kier alpha value is -3.26. The lowest BCUT2D eigenvalue weighted by molar-refractivity contribution is 0.353. The highest BCUT2D eigenvalue weighted by atomic mass is 16.3. The Morgan fingerprint density at radius 2 is 1.84 bits per heavy atom. The van der Waals surface area contributed by atoms with E-state index in [-0.39, 0.29) is 11.3 Å². The lowest BCUT2D eigenvalue weighted by Crippen LogP contribution is -2.47. The summed E-state index contributed by atoms with van der Waals surface area (Å²) in [5, 5.41) is 27.1. The molecule has 1 aromatic carbocycles. The zero-order valence-electron chi connectivity index (χ0n) is 17.7. The molecule has 0 amide bonds. The fourth-order valence-corrected chi connectivity index (χ4v) is 4.74. The van der Waals surface area contributed by atoms with Gasteiger partial charge in [-0.2, -0.15) is 5.10 Å². The summed E-state index contributed by atoms with van der Waals surface area (Å²) >= 11 is 0. The first-order valence-corrected chi connectivity index (χ1v) is 10.7. The van der Waals surface area contributed by atoms with Gasteiger partial charge in [-0.15, -0.1) is 10.2 Å². The zero-order valence-corrected chi connectivity index (χ0v) is 17.7. The van der Waals surface area contributed by atoms with Gasteiger partial charge in [0.25, 0.3) is 5.56 Å². The van der Waals surface area contributed by atoms with Gasteiger partial charge in [0.15, 0.2) is 5.82 Å². The first-order chi connectivity index (χ1) is 15.0. The van der Waals surface area contributed by atoms with Crippen molar-refractivity contribution >= 4 is 5.82 Å². The first-order valence-electron chi connectivity index (χ1n) is 10.7. The lowest BCUT2D eigenvalue weighted by Gasteiger charge is -2.36. The number of rotatable bonds is 4. The second-order valence-electron chi connectivity index (χ2n) is 8.59. The highest BCUT2D eigenvalue weighted by molar-refractivity contribution is 5.74. The number of benzene rings is 1. The van der Waals surface area contributed by atoms with Crippen LogP contribution in [0.4, 0.5) is 5.82 Å². The van der Waals surface area contributed by atoms with E-state index in [0.29, 0.717) is 34.9 Å². The van der Waals surface area contributed by atoms with E-state index < -0.39 is 0 Å². The summed E-state index contributed by atoms with van der Waals surface area (Å²) < 4.78 is 1.26. The topological polar surface area (TPSA) is 96.2 Å². The highest BCUT2D eigenvalue weighted by Gasteiger charge is 2.35. The van der Waals surface area contributed by atoms with Crippen LogP contribution in [0.25, 0.3) is 22.4 Å². The van der Waals surface area contributed by atoms with Gasteiger partial charge in [-0.1, -0.05) is 6.07 Å². The van der Waals surface area contributed by atoms with Crippen LogP contribution in [0.5, 0.6) is 5.75 Å². The number of piperidine rings is 1. The van der Waals surface area contributed by atoms with E-state index in [1.165, 1.54) is 23.6 Å². The normalized spacial score (nSPS) is 22.5. The van der Waals surface area contributed by atoms with E-state index >= 15 is 0 Å². The van der Waals surface area contributed by atoms with Crippen LogP contribution >= 0.6 is 0 Å². The predicted octanol–water partition coefficient (Wildman–Crippen LogP) is 2.33. The van der Waals surface area contributed by atoms with Gasteiger partial charge in [0, 0.05) is 49.4 Å². The van der Waals surface area contributed by atoms with Gasteiger partial charge < -0.3 is 15.3 Å². The number of nitrogens with zero attached hydrogens (tertiary/aromatic N) is 5. The van der Waals surface area contributed by atoms with Crippen molar-refractivity contribution in [2.45, 2.75) is 43.8 Å². The maximum Gasteiger partial charge on any atom is 0.267 e. The monoisotopic (exact) mass is 418 g/mol. The minimum absolute atomic E-state index is 0.0866. The Kier molecular flexibility index (Phi) is 4.94. The van der Waals surface area contributed by atoms with Crippen LogP contribution in [-0.2, 0) is 7.05 Å². The van der Waals surface area contributed by atoms with Gasteiger partial charge in [-0.25, -0.2) is 4.68 Å².